The minimum atomic E-state index is 0.318. The van der Waals surface area contributed by atoms with Crippen molar-refractivity contribution >= 4 is 40.6 Å². The summed E-state index contributed by atoms with van der Waals surface area (Å²) in [5.74, 6) is 0.869. The van der Waals surface area contributed by atoms with Gasteiger partial charge in [-0.05, 0) is 56.6 Å². The first-order valence-electron chi connectivity index (χ1n) is 12.0. The molecule has 33 heavy (non-hydrogen) atoms. The smallest absolute Gasteiger partial charge is 0.200 e. The zero-order valence-electron chi connectivity index (χ0n) is 19.8. The highest BCUT2D eigenvalue weighted by Gasteiger charge is 2.26. The molecule has 0 aromatic heterocycles. The number of aliphatic imine (C=N–C) groups is 1. The van der Waals surface area contributed by atoms with Crippen LogP contribution in [0.2, 0.25) is 5.02 Å². The van der Waals surface area contributed by atoms with Gasteiger partial charge in [-0.3, -0.25) is 9.89 Å². The van der Waals surface area contributed by atoms with E-state index >= 15 is 0 Å². The number of guanidine groups is 1. The maximum absolute atomic E-state index is 6.08. The second-order valence-corrected chi connectivity index (χ2v) is 9.63. The lowest BCUT2D eigenvalue weighted by molar-refractivity contribution is 0.557. The highest BCUT2D eigenvalue weighted by Crippen LogP contribution is 2.17. The van der Waals surface area contributed by atoms with E-state index in [1.807, 2.05) is 41.6 Å². The zero-order chi connectivity index (χ0) is 23.5. The molecule has 2 aliphatic heterocycles. The Hall–Kier alpha value is -2.25. The average molecular weight is 489 g/mol. The molecule has 2 aliphatic rings. The molecule has 8 heteroatoms. The van der Waals surface area contributed by atoms with E-state index in [9.17, 15) is 0 Å². The summed E-state index contributed by atoms with van der Waals surface area (Å²) in [7, 11) is 2.06. The van der Waals surface area contributed by atoms with Gasteiger partial charge in [0.2, 0.25) is 5.96 Å². The summed E-state index contributed by atoms with van der Waals surface area (Å²) in [6, 6.07) is 7.92. The van der Waals surface area contributed by atoms with Gasteiger partial charge in [-0.15, -0.1) is 0 Å². The molecule has 0 amide bonds. The molecule has 1 aromatic rings. The second kappa shape index (κ2) is 13.5. The van der Waals surface area contributed by atoms with Crippen molar-refractivity contribution in [3.05, 3.63) is 53.6 Å². The molecule has 0 spiro atoms. The van der Waals surface area contributed by atoms with Gasteiger partial charge in [0.15, 0.2) is 5.11 Å². The molecule has 0 saturated carbocycles. The Bertz CT molecular complexity index is 868. The number of anilines is 1. The fourth-order valence-corrected chi connectivity index (χ4v) is 4.46. The molecular formula is C25H37ClN6S. The summed E-state index contributed by atoms with van der Waals surface area (Å²) in [5.41, 5.74) is 2.20. The van der Waals surface area contributed by atoms with Gasteiger partial charge >= 0.3 is 0 Å². The third-order valence-electron chi connectivity index (χ3n) is 5.71. The number of benzene rings is 1. The molecule has 180 valence electrons. The summed E-state index contributed by atoms with van der Waals surface area (Å²) < 4.78 is 0. The Morgan fingerprint density at radius 3 is 2.70 bits per heavy atom. The summed E-state index contributed by atoms with van der Waals surface area (Å²) in [6.45, 7) is 3.78. The molecule has 1 atom stereocenters. The lowest BCUT2D eigenvalue weighted by Gasteiger charge is -2.20. The second-order valence-electron chi connectivity index (χ2n) is 8.81. The average Bonchev–Trinajstić information content (AvgIpc) is 3.15. The van der Waals surface area contributed by atoms with Gasteiger partial charge in [0.05, 0.1) is 0 Å². The molecule has 0 aliphatic carbocycles. The van der Waals surface area contributed by atoms with Gasteiger partial charge in [-0.1, -0.05) is 49.8 Å². The number of halogens is 1. The van der Waals surface area contributed by atoms with Gasteiger partial charge < -0.3 is 20.9 Å². The van der Waals surface area contributed by atoms with E-state index in [1.54, 1.807) is 0 Å². The minimum Gasteiger partial charge on any atom is -0.362 e. The number of nitrogens with zero attached hydrogens (tertiary/aromatic N) is 3. The van der Waals surface area contributed by atoms with Crippen LogP contribution in [0.15, 0.2) is 53.6 Å². The number of thiocarbonyl (C=S) groups is 1. The van der Waals surface area contributed by atoms with Crippen molar-refractivity contribution in [1.29, 1.82) is 0 Å². The third-order valence-corrected chi connectivity index (χ3v) is 6.27. The number of allylic oxidation sites excluding steroid dienone is 1. The Kier molecular flexibility index (Phi) is 10.3. The summed E-state index contributed by atoms with van der Waals surface area (Å²) in [4.78, 5) is 8.94. The largest absolute Gasteiger partial charge is 0.362 e. The van der Waals surface area contributed by atoms with Crippen molar-refractivity contribution < 1.29 is 0 Å². The van der Waals surface area contributed by atoms with Crippen LogP contribution in [0.1, 0.15) is 58.3 Å². The number of rotatable bonds is 11. The van der Waals surface area contributed by atoms with Crippen LogP contribution in [0.4, 0.5) is 5.69 Å². The predicted octanol–water partition coefficient (Wildman–Crippen LogP) is 5.65. The van der Waals surface area contributed by atoms with Gasteiger partial charge in [0, 0.05) is 61.2 Å². The number of hydrogen-bond donors (Lipinski definition) is 3. The SMILES string of the molecule is CC1CN(C(=S)Nc2cccc(Cl)c2)C(=NCCCCCCCCCC2=CN(C)C=CN2)N1. The van der Waals surface area contributed by atoms with Crippen LogP contribution in [0.25, 0.3) is 0 Å². The number of nitrogens with one attached hydrogen (secondary N) is 3. The maximum atomic E-state index is 6.08. The Morgan fingerprint density at radius 1 is 1.18 bits per heavy atom. The van der Waals surface area contributed by atoms with Crippen molar-refractivity contribution in [2.24, 2.45) is 4.99 Å². The Morgan fingerprint density at radius 2 is 1.94 bits per heavy atom. The summed E-state index contributed by atoms with van der Waals surface area (Å²) >= 11 is 11.7. The summed E-state index contributed by atoms with van der Waals surface area (Å²) in [5, 5.41) is 11.4. The number of hydrogen-bond acceptors (Lipinski definition) is 4. The predicted molar refractivity (Wildman–Crippen MR) is 144 cm³/mol. The van der Waals surface area contributed by atoms with Crippen LogP contribution in [-0.4, -0.2) is 47.1 Å². The van der Waals surface area contributed by atoms with E-state index < -0.39 is 0 Å². The number of unbranched alkanes of at least 4 members (excludes halogenated alkanes) is 6. The van der Waals surface area contributed by atoms with E-state index in [0.717, 1.165) is 37.6 Å². The van der Waals surface area contributed by atoms with Gasteiger partial charge in [-0.25, -0.2) is 0 Å². The Labute approximate surface area is 209 Å². The highest BCUT2D eigenvalue weighted by molar-refractivity contribution is 7.80. The molecule has 0 bridgehead atoms. The molecule has 2 heterocycles. The Balaban J connectivity index is 1.28. The molecule has 1 saturated heterocycles. The molecule has 1 fully saturated rings. The topological polar surface area (TPSA) is 54.9 Å². The quantitative estimate of drug-likeness (QED) is 0.276. The van der Waals surface area contributed by atoms with E-state index in [-0.39, 0.29) is 0 Å². The zero-order valence-corrected chi connectivity index (χ0v) is 21.4. The third kappa shape index (κ3) is 8.89. The normalized spacial score (nSPS) is 18.8. The van der Waals surface area contributed by atoms with E-state index in [1.165, 1.54) is 44.2 Å². The van der Waals surface area contributed by atoms with E-state index in [2.05, 4.69) is 41.0 Å². The van der Waals surface area contributed by atoms with E-state index in [0.29, 0.717) is 16.2 Å². The van der Waals surface area contributed by atoms with Crippen LogP contribution in [0.5, 0.6) is 0 Å². The molecule has 3 N–H and O–H groups in total. The van der Waals surface area contributed by atoms with Crippen molar-refractivity contribution in [2.45, 2.75) is 64.3 Å². The maximum Gasteiger partial charge on any atom is 0.200 e. The van der Waals surface area contributed by atoms with Crippen LogP contribution >= 0.6 is 23.8 Å². The first kappa shape index (κ1) is 25.4. The van der Waals surface area contributed by atoms with Crippen LogP contribution in [0.3, 0.4) is 0 Å². The monoisotopic (exact) mass is 488 g/mol. The molecule has 1 aromatic carbocycles. The van der Waals surface area contributed by atoms with Crippen LogP contribution in [-0.2, 0) is 0 Å². The first-order chi connectivity index (χ1) is 16.0. The van der Waals surface area contributed by atoms with Crippen molar-refractivity contribution in [3.8, 4) is 0 Å². The fraction of sp³-hybridized carbons (Fsp3) is 0.520. The highest BCUT2D eigenvalue weighted by atomic mass is 35.5. The van der Waals surface area contributed by atoms with Crippen LogP contribution < -0.4 is 16.0 Å². The molecule has 6 nitrogen and oxygen atoms in total. The molecule has 0 radical (unpaired) electrons. The molecule has 1 unspecified atom stereocenters. The van der Waals surface area contributed by atoms with Crippen molar-refractivity contribution in [1.82, 2.24) is 20.4 Å². The summed E-state index contributed by atoms with van der Waals surface area (Å²) in [6.07, 6.45) is 16.1. The van der Waals surface area contributed by atoms with E-state index in [4.69, 9.17) is 28.8 Å². The van der Waals surface area contributed by atoms with Crippen molar-refractivity contribution in [2.75, 3.05) is 25.5 Å². The van der Waals surface area contributed by atoms with Gasteiger partial charge in [-0.2, -0.15) is 0 Å². The lowest BCUT2D eigenvalue weighted by Crippen LogP contribution is -2.38. The lowest BCUT2D eigenvalue weighted by atomic mass is 10.1. The van der Waals surface area contributed by atoms with Crippen molar-refractivity contribution in [3.63, 3.8) is 0 Å². The standard InChI is InChI=1S/C25H37ClN6S/c1-20-18-32(25(33)30-22-13-10-11-21(26)17-22)24(29-20)28-14-9-7-5-3-4-6-8-12-23-19-31(2)16-15-27-23/h10-11,13,15-17,19-20,27H,3-9,12,14,18H2,1-2H3,(H,28,29)(H,30,33). The fourth-order valence-electron chi connectivity index (χ4n) is 3.99. The van der Waals surface area contributed by atoms with Gasteiger partial charge in [0.1, 0.15) is 0 Å². The first-order valence-corrected chi connectivity index (χ1v) is 12.8. The molecular weight excluding hydrogens is 452 g/mol. The van der Waals surface area contributed by atoms with Gasteiger partial charge in [0.25, 0.3) is 0 Å². The minimum absolute atomic E-state index is 0.318. The van der Waals surface area contributed by atoms with Crippen LogP contribution in [0, 0.1) is 0 Å². The molecule has 3 rings (SSSR count).